The lowest BCUT2D eigenvalue weighted by Crippen LogP contribution is -2.45. The molecular formula is C14H27NO3. The van der Waals surface area contributed by atoms with Gasteiger partial charge in [0.1, 0.15) is 5.60 Å². The highest BCUT2D eigenvalue weighted by molar-refractivity contribution is 5.68. The van der Waals surface area contributed by atoms with Crippen LogP contribution in [0.4, 0.5) is 4.79 Å². The third-order valence-electron chi connectivity index (χ3n) is 2.47. The Labute approximate surface area is 111 Å². The number of carbonyl (C=O) groups is 1. The van der Waals surface area contributed by atoms with Crippen LogP contribution >= 0.6 is 0 Å². The molecule has 18 heavy (non-hydrogen) atoms. The van der Waals surface area contributed by atoms with Crippen molar-refractivity contribution in [3.05, 3.63) is 12.7 Å². The van der Waals surface area contributed by atoms with Crippen LogP contribution in [0, 0.1) is 5.92 Å². The van der Waals surface area contributed by atoms with Crippen LogP contribution in [-0.2, 0) is 9.47 Å². The molecular weight excluding hydrogens is 230 g/mol. The van der Waals surface area contributed by atoms with Crippen molar-refractivity contribution < 1.29 is 14.3 Å². The van der Waals surface area contributed by atoms with Crippen LogP contribution in [0.2, 0.25) is 0 Å². The average molecular weight is 257 g/mol. The van der Waals surface area contributed by atoms with Crippen LogP contribution < -0.4 is 0 Å². The molecule has 0 radical (unpaired) electrons. The van der Waals surface area contributed by atoms with Crippen LogP contribution in [0.5, 0.6) is 0 Å². The molecule has 0 N–H and O–H groups in total. The molecule has 0 aromatic rings. The molecule has 0 bridgehead atoms. The zero-order valence-electron chi connectivity index (χ0n) is 12.5. The van der Waals surface area contributed by atoms with Gasteiger partial charge in [0.2, 0.25) is 0 Å². The Bertz CT molecular complexity index is 269. The maximum absolute atomic E-state index is 12.0. The Balaban J connectivity index is 4.50. The van der Waals surface area contributed by atoms with Gasteiger partial charge in [-0.25, -0.2) is 4.79 Å². The second-order valence-corrected chi connectivity index (χ2v) is 5.73. The first-order chi connectivity index (χ1) is 8.19. The van der Waals surface area contributed by atoms with E-state index in [4.69, 9.17) is 9.47 Å². The predicted molar refractivity (Wildman–Crippen MR) is 73.6 cm³/mol. The molecule has 106 valence electrons. The molecule has 0 fully saturated rings. The van der Waals surface area contributed by atoms with Gasteiger partial charge in [-0.1, -0.05) is 19.9 Å². The van der Waals surface area contributed by atoms with E-state index in [0.717, 1.165) is 0 Å². The summed E-state index contributed by atoms with van der Waals surface area (Å²) in [5, 5.41) is 0. The van der Waals surface area contributed by atoms with Gasteiger partial charge in [-0.05, 0) is 26.7 Å². The molecule has 0 rings (SSSR count). The maximum Gasteiger partial charge on any atom is 0.410 e. The van der Waals surface area contributed by atoms with Gasteiger partial charge in [-0.2, -0.15) is 0 Å². The number of hydrogen-bond donors (Lipinski definition) is 0. The maximum atomic E-state index is 12.0. The summed E-state index contributed by atoms with van der Waals surface area (Å²) in [5.74, 6) is 0.298. The van der Waals surface area contributed by atoms with Crippen molar-refractivity contribution in [3.63, 3.8) is 0 Å². The number of nitrogens with zero attached hydrogens (tertiary/aromatic N) is 1. The van der Waals surface area contributed by atoms with Gasteiger partial charge in [0.15, 0.2) is 0 Å². The molecule has 0 heterocycles. The summed E-state index contributed by atoms with van der Waals surface area (Å²) in [6.45, 7) is 14.3. The van der Waals surface area contributed by atoms with E-state index < -0.39 is 5.60 Å². The van der Waals surface area contributed by atoms with E-state index >= 15 is 0 Å². The van der Waals surface area contributed by atoms with Crippen molar-refractivity contribution in [3.8, 4) is 0 Å². The van der Waals surface area contributed by atoms with Crippen molar-refractivity contribution >= 4 is 6.09 Å². The van der Waals surface area contributed by atoms with E-state index in [1.54, 1.807) is 18.0 Å². The van der Waals surface area contributed by atoms with Crippen LogP contribution in [0.3, 0.4) is 0 Å². The third-order valence-corrected chi connectivity index (χ3v) is 2.47. The summed E-state index contributed by atoms with van der Waals surface area (Å²) in [6, 6.07) is -0.000185. The van der Waals surface area contributed by atoms with Crippen molar-refractivity contribution in [2.24, 2.45) is 5.92 Å². The second kappa shape index (κ2) is 7.41. The average Bonchev–Trinajstić information content (AvgIpc) is 2.20. The molecule has 4 nitrogen and oxygen atoms in total. The fourth-order valence-corrected chi connectivity index (χ4v) is 1.49. The second-order valence-electron chi connectivity index (χ2n) is 5.73. The van der Waals surface area contributed by atoms with E-state index in [2.05, 4.69) is 20.4 Å². The molecule has 0 aliphatic rings. The topological polar surface area (TPSA) is 38.8 Å². The van der Waals surface area contributed by atoms with E-state index in [1.807, 2.05) is 20.8 Å². The van der Waals surface area contributed by atoms with Gasteiger partial charge in [0, 0.05) is 7.05 Å². The van der Waals surface area contributed by atoms with E-state index in [9.17, 15) is 4.79 Å². The fraction of sp³-hybridized carbons (Fsp3) is 0.786. The summed E-state index contributed by atoms with van der Waals surface area (Å²) in [6.07, 6.45) is 1.38. The van der Waals surface area contributed by atoms with Gasteiger partial charge in [-0.3, -0.25) is 0 Å². The molecule has 4 heteroatoms. The molecule has 1 atom stereocenters. The molecule has 0 saturated heterocycles. The Kier molecular flexibility index (Phi) is 6.99. The summed E-state index contributed by atoms with van der Waals surface area (Å²) >= 11 is 0. The summed E-state index contributed by atoms with van der Waals surface area (Å²) in [7, 11) is 1.75. The van der Waals surface area contributed by atoms with E-state index in [-0.39, 0.29) is 12.1 Å². The van der Waals surface area contributed by atoms with Gasteiger partial charge in [0.25, 0.3) is 0 Å². The highest BCUT2D eigenvalue weighted by Crippen LogP contribution is 2.15. The lowest BCUT2D eigenvalue weighted by molar-refractivity contribution is 0.00320. The molecule has 0 aromatic carbocycles. The Morgan fingerprint density at radius 1 is 1.39 bits per heavy atom. The number of amides is 1. The highest BCUT2D eigenvalue weighted by atomic mass is 16.6. The van der Waals surface area contributed by atoms with E-state index in [0.29, 0.717) is 19.1 Å². The minimum atomic E-state index is -0.477. The van der Waals surface area contributed by atoms with Crippen LogP contribution in [0.1, 0.15) is 34.6 Å². The number of hydrogen-bond acceptors (Lipinski definition) is 3. The normalized spacial score (nSPS) is 13.3. The first kappa shape index (κ1) is 17.0. The van der Waals surface area contributed by atoms with E-state index in [1.165, 1.54) is 0 Å². The minimum absolute atomic E-state index is 0.000185. The molecule has 0 aliphatic heterocycles. The summed E-state index contributed by atoms with van der Waals surface area (Å²) < 4.78 is 10.8. The quantitative estimate of drug-likeness (QED) is 0.542. The van der Waals surface area contributed by atoms with Gasteiger partial charge < -0.3 is 14.4 Å². The van der Waals surface area contributed by atoms with Crippen molar-refractivity contribution in [2.75, 3.05) is 20.3 Å². The lowest BCUT2D eigenvalue weighted by Gasteiger charge is -2.32. The number of carbonyl (C=O) groups excluding carboxylic acids is 1. The molecule has 0 spiro atoms. The fourth-order valence-electron chi connectivity index (χ4n) is 1.49. The minimum Gasteiger partial charge on any atom is -0.444 e. The van der Waals surface area contributed by atoms with Gasteiger partial charge in [0.05, 0.1) is 19.3 Å². The first-order valence-corrected chi connectivity index (χ1v) is 6.33. The standard InChI is InChI=1S/C14H27NO3/c1-8-9-17-10-12(11(2)3)15(7)13(16)18-14(4,5)6/h8,11-12H,1,9-10H2,2-7H3/t12-/m1/s1. The van der Waals surface area contributed by atoms with Crippen molar-refractivity contribution in [1.82, 2.24) is 4.90 Å². The highest BCUT2D eigenvalue weighted by Gasteiger charge is 2.27. The Morgan fingerprint density at radius 2 is 1.94 bits per heavy atom. The van der Waals surface area contributed by atoms with Crippen molar-refractivity contribution in [1.29, 1.82) is 0 Å². The molecule has 0 aromatic heterocycles. The largest absolute Gasteiger partial charge is 0.444 e. The summed E-state index contributed by atoms with van der Waals surface area (Å²) in [5.41, 5.74) is -0.477. The molecule has 1 amide bonds. The van der Waals surface area contributed by atoms with Gasteiger partial charge >= 0.3 is 6.09 Å². The van der Waals surface area contributed by atoms with Crippen LogP contribution in [-0.4, -0.2) is 42.9 Å². The molecule has 0 aliphatic carbocycles. The SMILES string of the molecule is C=CCOC[C@H](C(C)C)N(C)C(=O)OC(C)(C)C. The monoisotopic (exact) mass is 257 g/mol. The van der Waals surface area contributed by atoms with Crippen LogP contribution in [0.25, 0.3) is 0 Å². The Morgan fingerprint density at radius 3 is 2.33 bits per heavy atom. The third kappa shape index (κ3) is 6.64. The lowest BCUT2D eigenvalue weighted by atomic mass is 10.0. The number of likely N-dealkylation sites (N-methyl/N-ethyl adjacent to an activating group) is 1. The zero-order chi connectivity index (χ0) is 14.3. The predicted octanol–water partition coefficient (Wildman–Crippen LogP) is 3.08. The van der Waals surface area contributed by atoms with Gasteiger partial charge in [-0.15, -0.1) is 6.58 Å². The van der Waals surface area contributed by atoms with Crippen molar-refractivity contribution in [2.45, 2.75) is 46.3 Å². The number of rotatable bonds is 6. The summed E-state index contributed by atoms with van der Waals surface area (Å²) in [4.78, 5) is 13.6. The smallest absolute Gasteiger partial charge is 0.410 e. The Hall–Kier alpha value is -1.03. The number of ether oxygens (including phenoxy) is 2. The van der Waals surface area contributed by atoms with Crippen LogP contribution in [0.15, 0.2) is 12.7 Å². The zero-order valence-corrected chi connectivity index (χ0v) is 12.5. The molecule has 0 unspecified atom stereocenters. The molecule has 0 saturated carbocycles. The first-order valence-electron chi connectivity index (χ1n) is 6.33.